The third-order valence-electron chi connectivity index (χ3n) is 4.03. The van der Waals surface area contributed by atoms with Crippen molar-refractivity contribution in [1.29, 1.82) is 0 Å². The van der Waals surface area contributed by atoms with Gasteiger partial charge in [0.25, 0.3) is 0 Å². The van der Waals surface area contributed by atoms with Gasteiger partial charge in [-0.25, -0.2) is 9.97 Å². The summed E-state index contributed by atoms with van der Waals surface area (Å²) in [6.45, 7) is 0.769. The molecule has 0 aliphatic rings. The molecule has 0 saturated heterocycles. The SMILES string of the molecule is Oc1ccc(CCNc2ccnc(-c3csc4ccccc34)n2)cc1. The second-order valence-electron chi connectivity index (χ2n) is 5.75. The minimum atomic E-state index is 0.292. The zero-order chi connectivity index (χ0) is 17.1. The number of thiophene rings is 1. The molecule has 0 atom stereocenters. The van der Waals surface area contributed by atoms with Gasteiger partial charge in [-0.2, -0.15) is 0 Å². The van der Waals surface area contributed by atoms with Gasteiger partial charge < -0.3 is 10.4 Å². The monoisotopic (exact) mass is 347 g/mol. The molecule has 0 aliphatic heterocycles. The number of nitrogens with zero attached hydrogens (tertiary/aromatic N) is 2. The highest BCUT2D eigenvalue weighted by Gasteiger charge is 2.09. The Bertz CT molecular complexity index is 995. The predicted molar refractivity (Wildman–Crippen MR) is 103 cm³/mol. The lowest BCUT2D eigenvalue weighted by Crippen LogP contribution is -2.07. The van der Waals surface area contributed by atoms with E-state index in [2.05, 4.69) is 32.8 Å². The molecule has 2 aromatic carbocycles. The van der Waals surface area contributed by atoms with Crippen LogP contribution in [0.1, 0.15) is 5.56 Å². The number of phenolic OH excluding ortho intramolecular Hbond substituents is 1. The summed E-state index contributed by atoms with van der Waals surface area (Å²) in [5.41, 5.74) is 2.24. The van der Waals surface area contributed by atoms with Crippen LogP contribution in [-0.2, 0) is 6.42 Å². The van der Waals surface area contributed by atoms with Gasteiger partial charge >= 0.3 is 0 Å². The number of hydrogen-bond acceptors (Lipinski definition) is 5. The summed E-state index contributed by atoms with van der Waals surface area (Å²) in [5, 5.41) is 16.0. The average Bonchev–Trinajstić information content (AvgIpc) is 3.08. The summed E-state index contributed by atoms with van der Waals surface area (Å²) in [5.74, 6) is 1.85. The van der Waals surface area contributed by atoms with Crippen LogP contribution in [0.25, 0.3) is 21.5 Å². The highest BCUT2D eigenvalue weighted by atomic mass is 32.1. The Morgan fingerprint density at radius 3 is 2.72 bits per heavy atom. The molecular formula is C20H17N3OS. The lowest BCUT2D eigenvalue weighted by molar-refractivity contribution is 0.475. The Hall–Kier alpha value is -2.92. The highest BCUT2D eigenvalue weighted by Crippen LogP contribution is 2.32. The van der Waals surface area contributed by atoms with Gasteiger partial charge in [0, 0.05) is 33.8 Å². The van der Waals surface area contributed by atoms with E-state index in [4.69, 9.17) is 0 Å². The number of benzene rings is 2. The van der Waals surface area contributed by atoms with Gasteiger partial charge in [0.05, 0.1) is 0 Å². The topological polar surface area (TPSA) is 58.0 Å². The number of aromatic hydroxyl groups is 1. The molecule has 2 aromatic heterocycles. The lowest BCUT2D eigenvalue weighted by atomic mass is 10.1. The quantitative estimate of drug-likeness (QED) is 0.548. The Morgan fingerprint density at radius 2 is 1.84 bits per heavy atom. The van der Waals surface area contributed by atoms with Gasteiger partial charge in [0.15, 0.2) is 5.82 Å². The van der Waals surface area contributed by atoms with E-state index in [0.717, 1.165) is 30.2 Å². The molecule has 0 bridgehead atoms. The number of nitrogens with one attached hydrogen (secondary N) is 1. The van der Waals surface area contributed by atoms with Gasteiger partial charge in [-0.05, 0) is 36.2 Å². The first kappa shape index (κ1) is 15.6. The second-order valence-corrected chi connectivity index (χ2v) is 6.67. The molecule has 0 spiro atoms. The van der Waals surface area contributed by atoms with E-state index in [-0.39, 0.29) is 0 Å². The summed E-state index contributed by atoms with van der Waals surface area (Å²) in [7, 11) is 0. The fourth-order valence-corrected chi connectivity index (χ4v) is 3.67. The van der Waals surface area contributed by atoms with Crippen molar-refractivity contribution in [2.75, 3.05) is 11.9 Å². The van der Waals surface area contributed by atoms with E-state index in [9.17, 15) is 5.11 Å². The van der Waals surface area contributed by atoms with E-state index in [1.165, 1.54) is 15.6 Å². The Morgan fingerprint density at radius 1 is 1.00 bits per heavy atom. The first-order valence-electron chi connectivity index (χ1n) is 8.11. The fraction of sp³-hybridized carbons (Fsp3) is 0.100. The molecule has 0 amide bonds. The van der Waals surface area contributed by atoms with Crippen molar-refractivity contribution in [3.05, 3.63) is 71.7 Å². The van der Waals surface area contributed by atoms with Gasteiger partial charge in [-0.3, -0.25) is 0 Å². The van der Waals surface area contributed by atoms with Crippen molar-refractivity contribution in [3.63, 3.8) is 0 Å². The van der Waals surface area contributed by atoms with Crippen LogP contribution in [0.5, 0.6) is 5.75 Å². The molecule has 0 aliphatic carbocycles. The number of anilines is 1. The maximum absolute atomic E-state index is 9.32. The molecule has 4 nitrogen and oxygen atoms in total. The van der Waals surface area contributed by atoms with Crippen LogP contribution in [0, 0.1) is 0 Å². The molecule has 2 heterocycles. The van der Waals surface area contributed by atoms with Crippen LogP contribution in [0.2, 0.25) is 0 Å². The van der Waals surface area contributed by atoms with Gasteiger partial charge in [-0.1, -0.05) is 30.3 Å². The Balaban J connectivity index is 1.49. The smallest absolute Gasteiger partial charge is 0.162 e. The molecule has 5 heteroatoms. The summed E-state index contributed by atoms with van der Waals surface area (Å²) >= 11 is 1.71. The molecule has 0 fully saturated rings. The van der Waals surface area contributed by atoms with Gasteiger partial charge in [0.2, 0.25) is 0 Å². The molecule has 4 rings (SSSR count). The van der Waals surface area contributed by atoms with Crippen molar-refractivity contribution in [1.82, 2.24) is 9.97 Å². The Labute approximate surface area is 149 Å². The van der Waals surface area contributed by atoms with Crippen LogP contribution in [0.3, 0.4) is 0 Å². The number of phenols is 1. The van der Waals surface area contributed by atoms with Gasteiger partial charge in [-0.15, -0.1) is 11.3 Å². The van der Waals surface area contributed by atoms with Crippen LogP contribution in [-0.4, -0.2) is 21.6 Å². The maximum atomic E-state index is 9.32. The average molecular weight is 347 g/mol. The van der Waals surface area contributed by atoms with E-state index in [1.807, 2.05) is 30.3 Å². The fourth-order valence-electron chi connectivity index (χ4n) is 2.74. The zero-order valence-corrected chi connectivity index (χ0v) is 14.3. The normalized spacial score (nSPS) is 10.9. The molecule has 0 unspecified atom stereocenters. The maximum Gasteiger partial charge on any atom is 0.162 e. The van der Waals surface area contributed by atoms with E-state index in [1.54, 1.807) is 29.7 Å². The molecule has 2 N–H and O–H groups in total. The van der Waals surface area contributed by atoms with Crippen molar-refractivity contribution in [2.45, 2.75) is 6.42 Å². The zero-order valence-electron chi connectivity index (χ0n) is 13.5. The molecular weight excluding hydrogens is 330 g/mol. The minimum Gasteiger partial charge on any atom is -0.508 e. The van der Waals surface area contributed by atoms with Crippen molar-refractivity contribution < 1.29 is 5.11 Å². The second kappa shape index (κ2) is 6.91. The number of fused-ring (bicyclic) bond motifs is 1. The van der Waals surface area contributed by atoms with Gasteiger partial charge in [0.1, 0.15) is 11.6 Å². The first-order valence-corrected chi connectivity index (χ1v) is 8.99. The molecule has 4 aromatic rings. The molecule has 25 heavy (non-hydrogen) atoms. The molecule has 0 radical (unpaired) electrons. The lowest BCUT2D eigenvalue weighted by Gasteiger charge is -2.07. The minimum absolute atomic E-state index is 0.292. The van der Waals surface area contributed by atoms with Crippen LogP contribution in [0.4, 0.5) is 5.82 Å². The molecule has 0 saturated carbocycles. The number of rotatable bonds is 5. The van der Waals surface area contributed by atoms with Crippen LogP contribution >= 0.6 is 11.3 Å². The van der Waals surface area contributed by atoms with Crippen LogP contribution < -0.4 is 5.32 Å². The largest absolute Gasteiger partial charge is 0.508 e. The highest BCUT2D eigenvalue weighted by molar-refractivity contribution is 7.17. The third kappa shape index (κ3) is 3.46. The summed E-state index contributed by atoms with van der Waals surface area (Å²) in [6, 6.07) is 17.5. The third-order valence-corrected chi connectivity index (χ3v) is 5.00. The predicted octanol–water partition coefficient (Wildman–Crippen LogP) is 4.72. The van der Waals surface area contributed by atoms with Crippen LogP contribution in [0.15, 0.2) is 66.2 Å². The standard InChI is InChI=1S/C20H17N3OS/c24-15-7-5-14(6-8-15)9-11-21-19-10-12-22-20(23-19)17-13-25-18-4-2-1-3-16(17)18/h1-8,10,12-13,24H,9,11H2,(H,21,22,23). The van der Waals surface area contributed by atoms with Crippen molar-refractivity contribution in [2.24, 2.45) is 0 Å². The molecule has 124 valence electrons. The van der Waals surface area contributed by atoms with E-state index < -0.39 is 0 Å². The van der Waals surface area contributed by atoms with Crippen molar-refractivity contribution >= 4 is 27.2 Å². The number of aromatic nitrogens is 2. The van der Waals surface area contributed by atoms with E-state index in [0.29, 0.717) is 5.75 Å². The number of hydrogen-bond donors (Lipinski definition) is 2. The van der Waals surface area contributed by atoms with Crippen molar-refractivity contribution in [3.8, 4) is 17.1 Å². The Kier molecular flexibility index (Phi) is 4.31. The summed E-state index contributed by atoms with van der Waals surface area (Å²) < 4.78 is 1.24. The summed E-state index contributed by atoms with van der Waals surface area (Å²) in [6.07, 6.45) is 2.65. The first-order chi connectivity index (χ1) is 12.3. The summed E-state index contributed by atoms with van der Waals surface area (Å²) in [4.78, 5) is 9.09. The van der Waals surface area contributed by atoms with E-state index >= 15 is 0 Å².